The molecule has 2 heterocycles. The first-order chi connectivity index (χ1) is 61.9. The molecule has 15 amide bonds. The number of carbonyl (C=O) groups excluding carboxylic acids is 15. The molecule has 1 aromatic heterocycles. The van der Waals surface area contributed by atoms with E-state index in [1.54, 1.807) is 135 Å². The van der Waals surface area contributed by atoms with E-state index in [4.69, 9.17) is 10.5 Å². The Bertz CT molecular complexity index is 5090. The lowest BCUT2D eigenvalue weighted by Gasteiger charge is -2.37. The fraction of sp³-hybridized carbons (Fsp3) is 0.419. The summed E-state index contributed by atoms with van der Waals surface area (Å²) in [6.45, 7) is 4.39. The van der Waals surface area contributed by atoms with Crippen LogP contribution in [0.3, 0.4) is 0 Å². The van der Waals surface area contributed by atoms with Gasteiger partial charge >= 0.3 is 5.97 Å². The average molecular weight is 1810 g/mol. The van der Waals surface area contributed by atoms with Crippen molar-refractivity contribution in [3.63, 3.8) is 0 Å². The van der Waals surface area contributed by atoms with E-state index in [9.17, 15) is 53.7 Å². The monoisotopic (exact) mass is 1810 g/mol. The lowest BCUT2D eigenvalue weighted by atomic mass is 9.99. The van der Waals surface area contributed by atoms with Crippen LogP contribution in [0.15, 0.2) is 170 Å². The summed E-state index contributed by atoms with van der Waals surface area (Å²) in [7, 11) is 7.67. The molecule has 0 spiro atoms. The van der Waals surface area contributed by atoms with Crippen LogP contribution >= 0.6 is 11.8 Å². The van der Waals surface area contributed by atoms with Crippen molar-refractivity contribution in [3.8, 4) is 11.5 Å². The Labute approximate surface area is 758 Å². The number of fused-ring (bicyclic) bond motifs is 1. The van der Waals surface area contributed by atoms with Crippen molar-refractivity contribution >= 4 is 117 Å². The van der Waals surface area contributed by atoms with Gasteiger partial charge in [-0.15, -0.1) is 11.8 Å². The largest absolute Gasteiger partial charge is 0.508 e. The fourth-order valence-corrected chi connectivity index (χ4v) is 15.8. The van der Waals surface area contributed by atoms with Crippen LogP contribution in [0.4, 0.5) is 0 Å². The molecule has 36 nitrogen and oxygen atoms in total. The molecule has 7 aromatic rings. The molecule has 1 aliphatic rings. The van der Waals surface area contributed by atoms with Gasteiger partial charge in [-0.2, -0.15) is 0 Å². The minimum Gasteiger partial charge on any atom is -0.508 e. The molecule has 37 heteroatoms. The number of phenolic OH excluding ortho intramolecular Hbond substituents is 2. The number of aliphatic carboxylic acids is 1. The predicted octanol–water partition coefficient (Wildman–Crippen LogP) is 1.71. The van der Waals surface area contributed by atoms with Gasteiger partial charge in [-0.1, -0.05) is 167 Å². The number of carboxylic acids is 1. The summed E-state index contributed by atoms with van der Waals surface area (Å²) in [5, 5.41) is 55.5. The Morgan fingerprint density at radius 2 is 0.923 bits per heavy atom. The molecule has 0 bridgehead atoms. The minimum atomic E-state index is -1.96. The van der Waals surface area contributed by atoms with Crippen LogP contribution < -0.4 is 53.6 Å². The molecule has 1 aliphatic heterocycles. The topological polar surface area (TPSA) is 509 Å². The van der Waals surface area contributed by atoms with E-state index in [1.165, 1.54) is 97.8 Å². The number of amides is 15. The number of hydrogen-bond donors (Lipinski definition) is 14. The maximum atomic E-state index is 15.5. The zero-order chi connectivity index (χ0) is 95.0. The van der Waals surface area contributed by atoms with Crippen LogP contribution in [0.25, 0.3) is 10.9 Å². The molecular formula is C93H118N16O20S. The summed E-state index contributed by atoms with van der Waals surface area (Å²) in [5.41, 5.74) is 9.05. The molecule has 0 aliphatic carbocycles. The number of hydrogen-bond acceptors (Lipinski definition) is 20. The number of H-pyrrole nitrogens is 1. The lowest BCUT2D eigenvalue weighted by Crippen LogP contribution is -2.62. The lowest BCUT2D eigenvalue weighted by molar-refractivity contribution is -0.151. The molecule has 1 unspecified atom stereocenters. The third-order valence-electron chi connectivity index (χ3n) is 22.2. The van der Waals surface area contributed by atoms with Crippen LogP contribution in [0.2, 0.25) is 0 Å². The zero-order valence-corrected chi connectivity index (χ0v) is 75.3. The first-order valence-corrected chi connectivity index (χ1v) is 43.9. The quantitative estimate of drug-likeness (QED) is 0.0409. The number of likely N-dealkylation sites (N-methyl/N-ethyl adjacent to an activating group) is 5. The van der Waals surface area contributed by atoms with Crippen LogP contribution in [0, 0.1) is 5.92 Å². The SMILES string of the molecule is CCCC[C@H]1C(=O)N(C)CC(=O)N[C@@H](CC(=O)O)C(=O)N[C@@H]([C@@H](C)OC)C(=O)N(C)C(Cc2ccccc2)C(=O)N[C@@H](Cc2ccc(O)cc2)C(=O)N(C)CC(=O)N[C@@H](Cc2c[nH]c3ccccc23)C(=O)N[C@@H](Cc2ccc(O)cc2)C(=O)N[C@@H](CC(C)C)C(=O)N[C@H](C(=O)NCC(N)=O)CSCC(=O)N[C@@H](Cc2ccccc2)C(=O)N(C)[C@@H](Cc2ccccc2)C(=O)N1C. The van der Waals surface area contributed by atoms with Crippen molar-refractivity contribution in [2.24, 2.45) is 11.7 Å². The molecule has 6 aromatic carbocycles. The molecule has 15 N–H and O–H groups in total. The Morgan fingerprint density at radius 1 is 0.477 bits per heavy atom. The number of unbranched alkanes of at least 4 members (excludes halogenated alkanes) is 1. The van der Waals surface area contributed by atoms with Gasteiger partial charge in [-0.25, -0.2) is 0 Å². The van der Waals surface area contributed by atoms with E-state index < -0.39 is 199 Å². The number of nitrogens with zero attached hydrogens (tertiary/aromatic N) is 5. The van der Waals surface area contributed by atoms with E-state index in [-0.39, 0.29) is 74.5 Å². The smallest absolute Gasteiger partial charge is 0.305 e. The maximum absolute atomic E-state index is 15.5. The molecular weight excluding hydrogens is 1690 g/mol. The number of nitrogens with one attached hydrogen (secondary N) is 10. The Hall–Kier alpha value is -13.7. The molecule has 1 saturated heterocycles. The number of primary amides is 1. The van der Waals surface area contributed by atoms with Gasteiger partial charge in [0.1, 0.15) is 78.0 Å². The van der Waals surface area contributed by atoms with Crippen LogP contribution in [0.1, 0.15) is 93.2 Å². The molecule has 12 atom stereocenters. The van der Waals surface area contributed by atoms with Crippen LogP contribution in [0.5, 0.6) is 11.5 Å². The number of carboxylic acid groups (broad SMARTS) is 1. The molecule has 130 heavy (non-hydrogen) atoms. The van der Waals surface area contributed by atoms with Gasteiger partial charge in [0, 0.05) is 104 Å². The Balaban J connectivity index is 1.22. The number of ether oxygens (including phenoxy) is 1. The maximum Gasteiger partial charge on any atom is 0.305 e. The summed E-state index contributed by atoms with van der Waals surface area (Å²) >= 11 is 0.826. The summed E-state index contributed by atoms with van der Waals surface area (Å²) < 4.78 is 5.64. The number of carbonyl (C=O) groups is 16. The molecule has 1 fully saturated rings. The number of aromatic hydroxyl groups is 2. The summed E-state index contributed by atoms with van der Waals surface area (Å²) in [6.07, 6.45) is -1.33. The third kappa shape index (κ3) is 30.5. The minimum absolute atomic E-state index is 0.0185. The number of aromatic nitrogens is 1. The van der Waals surface area contributed by atoms with Crippen LogP contribution in [-0.4, -0.2) is 285 Å². The first kappa shape index (κ1) is 102. The summed E-state index contributed by atoms with van der Waals surface area (Å²) in [4.78, 5) is 244. The van der Waals surface area contributed by atoms with Gasteiger partial charge in [-0.3, -0.25) is 76.7 Å². The van der Waals surface area contributed by atoms with Crippen molar-refractivity contribution in [2.45, 2.75) is 171 Å². The van der Waals surface area contributed by atoms with E-state index in [2.05, 4.69) is 52.8 Å². The van der Waals surface area contributed by atoms with Crippen molar-refractivity contribution in [1.82, 2.24) is 77.3 Å². The predicted molar refractivity (Wildman–Crippen MR) is 484 cm³/mol. The second-order valence-electron chi connectivity index (χ2n) is 32.8. The number of para-hydroxylation sites is 1. The Kier molecular flexibility index (Phi) is 38.8. The number of benzene rings is 6. The van der Waals surface area contributed by atoms with E-state index in [0.717, 1.165) is 36.3 Å². The van der Waals surface area contributed by atoms with Crippen molar-refractivity contribution < 1.29 is 96.8 Å². The van der Waals surface area contributed by atoms with Crippen molar-refractivity contribution in [2.75, 3.05) is 73.5 Å². The summed E-state index contributed by atoms with van der Waals surface area (Å²) in [5.74, 6) is -17.0. The van der Waals surface area contributed by atoms with Gasteiger partial charge in [0.2, 0.25) is 88.6 Å². The van der Waals surface area contributed by atoms with E-state index in [1.807, 2.05) is 6.92 Å². The second-order valence-corrected chi connectivity index (χ2v) is 33.8. The number of rotatable bonds is 24. The van der Waals surface area contributed by atoms with Gasteiger partial charge in [-0.05, 0) is 89.4 Å². The number of phenols is 2. The highest BCUT2D eigenvalue weighted by atomic mass is 32.2. The zero-order valence-electron chi connectivity index (χ0n) is 74.5. The molecule has 8 rings (SSSR count). The number of nitrogens with two attached hydrogens (primary N) is 1. The standard InChI is InChI=1S/C93H118N16O20S/c1-11-12-32-74-91(126)106(6)52-79(114)98-70(48-81(116)117)87(122)104-82(56(4)129-10)93(128)108(8)75(45-58-26-18-14-19-27-58)88(123)102-71(44-61-35-39-64(111)40-36-61)89(124)105(5)51-78(113)97-69(47-62-49-95-66-31-23-22-30-65(62)66)86(121)101-68(42-60-33-37-63(110)38-34-60)85(120)100-67(41-55(2)3)84(119)103-73(83(118)96-50-77(94)112)53-130-54-80(115)99-72(43-57-24-16-13-17-25-57)90(125)109(9)76(92(127)107(74)7)46-59-28-20-15-21-29-59/h13-31,33-40,49,55-56,67-76,82,95,110-111H,11-12,32,41-48,50-54H2,1-10H3,(H2,94,112)(H,96,118)(H,97,113)(H,98,114)(H,99,115)(H,100,120)(H,101,121)(H,102,123)(H,103,119)(H,104,122)(H,116,117)/t56-,67+,68+,69+,70+,71+,72+,73+,74+,75?,76+,82+/m1/s1. The average Bonchev–Trinajstić information content (AvgIpc) is 1.02. The summed E-state index contributed by atoms with van der Waals surface area (Å²) in [6, 6.07) is 26.7. The van der Waals surface area contributed by atoms with E-state index >= 15 is 38.4 Å². The van der Waals surface area contributed by atoms with Gasteiger partial charge in [0.05, 0.1) is 37.9 Å². The first-order valence-electron chi connectivity index (χ1n) is 42.7. The van der Waals surface area contributed by atoms with Gasteiger partial charge < -0.3 is 103 Å². The highest BCUT2D eigenvalue weighted by Gasteiger charge is 2.43. The van der Waals surface area contributed by atoms with Crippen molar-refractivity contribution in [3.05, 3.63) is 203 Å². The van der Waals surface area contributed by atoms with Gasteiger partial charge in [0.25, 0.3) is 0 Å². The number of thioether (sulfide) groups is 1. The van der Waals surface area contributed by atoms with E-state index in [0.29, 0.717) is 57.1 Å². The van der Waals surface area contributed by atoms with Crippen molar-refractivity contribution in [1.29, 1.82) is 0 Å². The second kappa shape index (κ2) is 49.6. The highest BCUT2D eigenvalue weighted by Crippen LogP contribution is 2.25. The third-order valence-corrected chi connectivity index (χ3v) is 23.3. The normalized spacial score (nSPS) is 22.0. The number of aromatic amines is 1. The van der Waals surface area contributed by atoms with Gasteiger partial charge in [0.15, 0.2) is 0 Å². The van der Waals surface area contributed by atoms with Crippen LogP contribution in [-0.2, 0) is 120 Å². The molecule has 0 saturated carbocycles. The highest BCUT2D eigenvalue weighted by molar-refractivity contribution is 8.00. The molecule has 0 radical (unpaired) electrons. The fourth-order valence-electron chi connectivity index (χ4n) is 15.0. The molecule has 696 valence electrons. The Morgan fingerprint density at radius 3 is 1.46 bits per heavy atom. The number of methoxy groups -OCH3 is 1.